The number of aryl methyl sites for hydroxylation is 3. The Morgan fingerprint density at radius 2 is 1.44 bits per heavy atom. The van der Waals surface area contributed by atoms with Crippen LogP contribution in [0, 0.1) is 13.8 Å². The molecule has 3 rings (SSSR count). The van der Waals surface area contributed by atoms with Crippen LogP contribution in [0.4, 0.5) is 0 Å². The second-order valence-corrected chi connectivity index (χ2v) is 4.93. The first-order valence-electron chi connectivity index (χ1n) is 6.07. The van der Waals surface area contributed by atoms with Crippen molar-refractivity contribution in [1.82, 2.24) is 4.57 Å². The summed E-state index contributed by atoms with van der Waals surface area (Å²) in [5.41, 5.74) is 3.36. The maximum absolute atomic E-state index is 12.4. The topological polar surface area (TPSA) is 22.0 Å². The fourth-order valence-corrected chi connectivity index (χ4v) is 2.51. The average Bonchev–Trinajstić information content (AvgIpc) is 2.36. The van der Waals surface area contributed by atoms with Crippen LogP contribution in [0.15, 0.2) is 41.2 Å². The third kappa shape index (κ3) is 1.46. The quantitative estimate of drug-likeness (QED) is 0.550. The Hall–Kier alpha value is -2.09. The molecule has 0 aliphatic rings. The summed E-state index contributed by atoms with van der Waals surface area (Å²) in [5.74, 6) is 0. The highest BCUT2D eigenvalue weighted by Gasteiger charge is 2.08. The smallest absolute Gasteiger partial charge is 0.258 e. The third-order valence-corrected chi connectivity index (χ3v) is 3.51. The molecule has 1 heterocycles. The minimum atomic E-state index is 0.0757. The number of hydrogen-bond donors (Lipinski definition) is 0. The molecule has 0 fully saturated rings. The highest BCUT2D eigenvalue weighted by atomic mass is 16.1. The molecule has 0 aliphatic heterocycles. The van der Waals surface area contributed by atoms with E-state index in [-0.39, 0.29) is 5.56 Å². The van der Waals surface area contributed by atoms with Gasteiger partial charge in [0.2, 0.25) is 0 Å². The summed E-state index contributed by atoms with van der Waals surface area (Å²) < 4.78 is 1.74. The van der Waals surface area contributed by atoms with E-state index < -0.39 is 0 Å². The van der Waals surface area contributed by atoms with Gasteiger partial charge in [-0.2, -0.15) is 0 Å². The van der Waals surface area contributed by atoms with E-state index in [2.05, 4.69) is 24.3 Å². The molecule has 90 valence electrons. The van der Waals surface area contributed by atoms with Gasteiger partial charge in [0.15, 0.2) is 0 Å². The molecule has 0 spiro atoms. The van der Waals surface area contributed by atoms with Crippen molar-refractivity contribution >= 4 is 21.7 Å². The zero-order valence-corrected chi connectivity index (χ0v) is 10.8. The van der Waals surface area contributed by atoms with E-state index in [0.717, 1.165) is 27.2 Å². The monoisotopic (exact) mass is 237 g/mol. The first kappa shape index (κ1) is 11.0. The Bertz CT molecular complexity index is 828. The van der Waals surface area contributed by atoms with Gasteiger partial charge in [-0.25, -0.2) is 0 Å². The number of hydrogen-bond acceptors (Lipinski definition) is 1. The zero-order valence-electron chi connectivity index (χ0n) is 10.8. The highest BCUT2D eigenvalue weighted by Crippen LogP contribution is 2.23. The lowest BCUT2D eigenvalue weighted by atomic mass is 10.0. The Morgan fingerprint density at radius 3 is 2.17 bits per heavy atom. The van der Waals surface area contributed by atoms with E-state index in [1.165, 1.54) is 5.56 Å². The fourth-order valence-electron chi connectivity index (χ4n) is 2.51. The normalized spacial score (nSPS) is 11.3. The van der Waals surface area contributed by atoms with Gasteiger partial charge in [-0.05, 0) is 36.9 Å². The molecule has 1 aromatic heterocycles. The minimum Gasteiger partial charge on any atom is -0.311 e. The lowest BCUT2D eigenvalue weighted by Gasteiger charge is -2.10. The Morgan fingerprint density at radius 1 is 0.833 bits per heavy atom. The van der Waals surface area contributed by atoms with Gasteiger partial charge >= 0.3 is 0 Å². The van der Waals surface area contributed by atoms with E-state index >= 15 is 0 Å². The first-order chi connectivity index (χ1) is 8.58. The maximum atomic E-state index is 12.4. The van der Waals surface area contributed by atoms with Crippen LogP contribution in [-0.2, 0) is 7.05 Å². The minimum absolute atomic E-state index is 0.0757. The van der Waals surface area contributed by atoms with Crippen molar-refractivity contribution in [1.29, 1.82) is 0 Å². The standard InChI is InChI=1S/C16H15NO/c1-10-4-6-12-13-7-5-11(2)9-15(13)17(3)16(18)14(12)8-10/h4-9H,1-3H3. The number of benzene rings is 2. The Balaban J connectivity index is 2.66. The molecule has 0 amide bonds. The molecule has 0 aliphatic carbocycles. The predicted molar refractivity (Wildman–Crippen MR) is 76.2 cm³/mol. The van der Waals surface area contributed by atoms with Gasteiger partial charge in [-0.15, -0.1) is 0 Å². The van der Waals surface area contributed by atoms with Crippen molar-refractivity contribution in [3.8, 4) is 0 Å². The molecule has 0 saturated heterocycles. The summed E-state index contributed by atoms with van der Waals surface area (Å²) in [6.07, 6.45) is 0. The third-order valence-electron chi connectivity index (χ3n) is 3.51. The van der Waals surface area contributed by atoms with Crippen LogP contribution in [0.5, 0.6) is 0 Å². The molecule has 0 radical (unpaired) electrons. The second-order valence-electron chi connectivity index (χ2n) is 4.93. The SMILES string of the molecule is Cc1ccc2c(c1)c(=O)n(C)c1cc(C)ccc21. The van der Waals surface area contributed by atoms with Gasteiger partial charge in [-0.3, -0.25) is 4.79 Å². The Labute approximate surface area is 105 Å². The van der Waals surface area contributed by atoms with Gasteiger partial charge in [0.1, 0.15) is 0 Å². The van der Waals surface area contributed by atoms with Crippen molar-refractivity contribution in [2.75, 3.05) is 0 Å². The lowest BCUT2D eigenvalue weighted by Crippen LogP contribution is -2.17. The van der Waals surface area contributed by atoms with Crippen molar-refractivity contribution in [2.24, 2.45) is 7.05 Å². The van der Waals surface area contributed by atoms with Crippen molar-refractivity contribution in [3.63, 3.8) is 0 Å². The van der Waals surface area contributed by atoms with Gasteiger partial charge in [0.25, 0.3) is 5.56 Å². The molecule has 2 heteroatoms. The van der Waals surface area contributed by atoms with Crippen LogP contribution >= 0.6 is 0 Å². The summed E-state index contributed by atoms with van der Waals surface area (Å²) in [4.78, 5) is 12.4. The molecule has 18 heavy (non-hydrogen) atoms. The van der Waals surface area contributed by atoms with Gasteiger partial charge in [0.05, 0.1) is 5.52 Å². The van der Waals surface area contributed by atoms with Gasteiger partial charge in [0, 0.05) is 17.8 Å². The number of aromatic nitrogens is 1. The zero-order chi connectivity index (χ0) is 12.9. The molecule has 3 aromatic rings. The maximum Gasteiger partial charge on any atom is 0.258 e. The summed E-state index contributed by atoms with van der Waals surface area (Å²) >= 11 is 0. The molecule has 0 unspecified atom stereocenters. The Kier molecular flexibility index (Phi) is 2.27. The molecular formula is C16H15NO. The van der Waals surface area contributed by atoms with E-state index in [1.54, 1.807) is 4.57 Å². The largest absolute Gasteiger partial charge is 0.311 e. The van der Waals surface area contributed by atoms with Crippen LogP contribution in [-0.4, -0.2) is 4.57 Å². The van der Waals surface area contributed by atoms with E-state index in [4.69, 9.17) is 0 Å². The molecule has 0 N–H and O–H groups in total. The van der Waals surface area contributed by atoms with Crippen molar-refractivity contribution in [3.05, 3.63) is 57.9 Å². The fraction of sp³-hybridized carbons (Fsp3) is 0.188. The molecular weight excluding hydrogens is 222 g/mol. The predicted octanol–water partition coefficient (Wildman–Crippen LogP) is 3.31. The van der Waals surface area contributed by atoms with E-state index in [0.29, 0.717) is 0 Å². The molecule has 0 saturated carbocycles. The average molecular weight is 237 g/mol. The molecule has 0 atom stereocenters. The number of fused-ring (bicyclic) bond motifs is 3. The molecule has 2 aromatic carbocycles. The molecule has 0 bridgehead atoms. The summed E-state index contributed by atoms with van der Waals surface area (Å²) in [6.45, 7) is 4.06. The lowest BCUT2D eigenvalue weighted by molar-refractivity contribution is 0.917. The molecule has 2 nitrogen and oxygen atoms in total. The van der Waals surface area contributed by atoms with Crippen LogP contribution in [0.2, 0.25) is 0 Å². The van der Waals surface area contributed by atoms with E-state index in [1.807, 2.05) is 33.0 Å². The van der Waals surface area contributed by atoms with Crippen molar-refractivity contribution in [2.45, 2.75) is 13.8 Å². The number of nitrogens with zero attached hydrogens (tertiary/aromatic N) is 1. The van der Waals surface area contributed by atoms with Crippen LogP contribution in [0.3, 0.4) is 0 Å². The van der Waals surface area contributed by atoms with Gasteiger partial charge < -0.3 is 4.57 Å². The summed E-state index contributed by atoms with van der Waals surface area (Å²) in [7, 11) is 1.84. The van der Waals surface area contributed by atoms with Crippen LogP contribution < -0.4 is 5.56 Å². The summed E-state index contributed by atoms with van der Waals surface area (Å²) in [5, 5.41) is 2.98. The van der Waals surface area contributed by atoms with Crippen LogP contribution in [0.25, 0.3) is 21.7 Å². The van der Waals surface area contributed by atoms with Gasteiger partial charge in [-0.1, -0.05) is 29.8 Å². The second kappa shape index (κ2) is 3.70. The number of pyridine rings is 1. The first-order valence-corrected chi connectivity index (χ1v) is 6.07. The van der Waals surface area contributed by atoms with Crippen LogP contribution in [0.1, 0.15) is 11.1 Å². The number of rotatable bonds is 0. The summed E-state index contributed by atoms with van der Waals surface area (Å²) in [6, 6.07) is 12.3. The highest BCUT2D eigenvalue weighted by molar-refractivity contribution is 6.05. The van der Waals surface area contributed by atoms with E-state index in [9.17, 15) is 4.79 Å². The van der Waals surface area contributed by atoms with Crippen molar-refractivity contribution < 1.29 is 0 Å².